The van der Waals surface area contributed by atoms with Gasteiger partial charge in [-0.05, 0) is 5.56 Å². The Morgan fingerprint density at radius 1 is 1.17 bits per heavy atom. The number of H-pyrrole nitrogens is 1. The summed E-state index contributed by atoms with van der Waals surface area (Å²) in [5, 5.41) is 0. The second kappa shape index (κ2) is 4.96. The van der Waals surface area contributed by atoms with E-state index in [0.717, 1.165) is 23.7 Å². The topological polar surface area (TPSA) is 47.1 Å². The van der Waals surface area contributed by atoms with Crippen LogP contribution in [0.1, 0.15) is 17.1 Å². The summed E-state index contributed by atoms with van der Waals surface area (Å²) < 4.78 is 10.3. The maximum Gasteiger partial charge on any atom is 0.229 e. The van der Waals surface area contributed by atoms with Crippen molar-refractivity contribution in [2.24, 2.45) is 0 Å². The molecule has 0 saturated carbocycles. The van der Waals surface area contributed by atoms with Crippen LogP contribution in [0.4, 0.5) is 0 Å². The Kier molecular flexibility index (Phi) is 3.00. The third-order valence-corrected chi connectivity index (χ3v) is 2.78. The first-order valence-corrected chi connectivity index (χ1v) is 5.91. The second-order valence-corrected chi connectivity index (χ2v) is 4.19. The summed E-state index contributed by atoms with van der Waals surface area (Å²) in [5.41, 5.74) is 2.30. The Hall–Kier alpha value is -2.23. The standard InChI is InChI=1S/C14H14N2O2/c1-2-4-11(5-3-1)6-12-8-15-14(16-12)7-13-9-17-10-18-13/h1-5,8-9H,6-7,10H2,(H,15,16). The van der Waals surface area contributed by atoms with Gasteiger partial charge in [0.1, 0.15) is 17.8 Å². The van der Waals surface area contributed by atoms with E-state index in [9.17, 15) is 0 Å². The zero-order valence-corrected chi connectivity index (χ0v) is 9.93. The minimum atomic E-state index is 0.312. The van der Waals surface area contributed by atoms with Crippen LogP contribution in [-0.2, 0) is 22.3 Å². The Bertz CT molecular complexity index is 546. The van der Waals surface area contributed by atoms with Crippen molar-refractivity contribution in [2.45, 2.75) is 12.8 Å². The molecule has 0 atom stereocenters. The van der Waals surface area contributed by atoms with E-state index in [-0.39, 0.29) is 0 Å². The summed E-state index contributed by atoms with van der Waals surface area (Å²) in [4.78, 5) is 7.70. The first-order valence-electron chi connectivity index (χ1n) is 5.91. The van der Waals surface area contributed by atoms with E-state index in [1.54, 1.807) is 6.26 Å². The van der Waals surface area contributed by atoms with Crippen molar-refractivity contribution in [1.29, 1.82) is 0 Å². The van der Waals surface area contributed by atoms with E-state index < -0.39 is 0 Å². The van der Waals surface area contributed by atoms with E-state index in [1.807, 2.05) is 24.4 Å². The fraction of sp³-hybridized carbons (Fsp3) is 0.214. The fourth-order valence-electron chi connectivity index (χ4n) is 1.92. The molecule has 0 radical (unpaired) electrons. The number of aromatic amines is 1. The molecule has 3 rings (SSSR count). The van der Waals surface area contributed by atoms with Crippen molar-refractivity contribution in [3.63, 3.8) is 0 Å². The molecule has 0 unspecified atom stereocenters. The largest absolute Gasteiger partial charge is 0.462 e. The predicted molar refractivity (Wildman–Crippen MR) is 66.7 cm³/mol. The van der Waals surface area contributed by atoms with Gasteiger partial charge in [0.2, 0.25) is 6.79 Å². The monoisotopic (exact) mass is 242 g/mol. The van der Waals surface area contributed by atoms with Gasteiger partial charge in [-0.1, -0.05) is 30.3 Å². The van der Waals surface area contributed by atoms with Gasteiger partial charge in [-0.3, -0.25) is 0 Å². The lowest BCUT2D eigenvalue weighted by Gasteiger charge is -1.98. The molecule has 0 saturated heterocycles. The Labute approximate surface area is 105 Å². The molecule has 92 valence electrons. The maximum absolute atomic E-state index is 5.26. The number of benzene rings is 1. The Morgan fingerprint density at radius 3 is 2.83 bits per heavy atom. The summed E-state index contributed by atoms with van der Waals surface area (Å²) >= 11 is 0. The molecule has 2 aromatic rings. The summed E-state index contributed by atoms with van der Waals surface area (Å²) in [7, 11) is 0. The number of nitrogens with zero attached hydrogens (tertiary/aromatic N) is 1. The third-order valence-electron chi connectivity index (χ3n) is 2.78. The minimum Gasteiger partial charge on any atom is -0.462 e. The van der Waals surface area contributed by atoms with Gasteiger partial charge >= 0.3 is 0 Å². The fourth-order valence-corrected chi connectivity index (χ4v) is 1.92. The highest BCUT2D eigenvalue weighted by Crippen LogP contribution is 2.13. The van der Waals surface area contributed by atoms with Crippen LogP contribution in [0.15, 0.2) is 48.5 Å². The second-order valence-electron chi connectivity index (χ2n) is 4.19. The molecule has 1 aromatic heterocycles. The van der Waals surface area contributed by atoms with Gasteiger partial charge in [0.25, 0.3) is 0 Å². The van der Waals surface area contributed by atoms with Crippen LogP contribution in [-0.4, -0.2) is 16.8 Å². The molecule has 1 aliphatic heterocycles. The van der Waals surface area contributed by atoms with Crippen LogP contribution < -0.4 is 0 Å². The molecular formula is C14H14N2O2. The van der Waals surface area contributed by atoms with Gasteiger partial charge in [0.05, 0.1) is 12.1 Å². The lowest BCUT2D eigenvalue weighted by atomic mass is 10.1. The molecule has 0 fully saturated rings. The lowest BCUT2D eigenvalue weighted by molar-refractivity contribution is 0.0788. The van der Waals surface area contributed by atoms with Crippen molar-refractivity contribution < 1.29 is 9.47 Å². The summed E-state index contributed by atoms with van der Waals surface area (Å²) in [6, 6.07) is 10.3. The molecule has 0 aliphatic carbocycles. The molecule has 0 spiro atoms. The zero-order chi connectivity index (χ0) is 12.2. The quantitative estimate of drug-likeness (QED) is 0.895. The molecular weight excluding hydrogens is 228 g/mol. The lowest BCUT2D eigenvalue weighted by Crippen LogP contribution is -1.94. The summed E-state index contributed by atoms with van der Waals surface area (Å²) in [5.74, 6) is 1.72. The smallest absolute Gasteiger partial charge is 0.229 e. The van der Waals surface area contributed by atoms with Gasteiger partial charge in [-0.25, -0.2) is 4.98 Å². The summed E-state index contributed by atoms with van der Waals surface area (Å²) in [6.07, 6.45) is 5.07. The first kappa shape index (κ1) is 10.9. The number of rotatable bonds is 4. The van der Waals surface area contributed by atoms with Gasteiger partial charge in [-0.2, -0.15) is 0 Å². The average Bonchev–Trinajstić information content (AvgIpc) is 3.03. The number of imidazole rings is 1. The SMILES string of the molecule is C1=C(Cc2nc(Cc3ccccc3)c[nH]2)OCO1. The highest BCUT2D eigenvalue weighted by Gasteiger charge is 2.10. The molecule has 2 heterocycles. The number of hydrogen-bond acceptors (Lipinski definition) is 3. The van der Waals surface area contributed by atoms with E-state index in [1.165, 1.54) is 5.56 Å². The molecule has 0 bridgehead atoms. The van der Waals surface area contributed by atoms with Crippen molar-refractivity contribution in [3.8, 4) is 0 Å². The van der Waals surface area contributed by atoms with Crippen LogP contribution in [0.5, 0.6) is 0 Å². The number of hydrogen-bond donors (Lipinski definition) is 1. The van der Waals surface area contributed by atoms with Crippen molar-refractivity contribution in [2.75, 3.05) is 6.79 Å². The normalized spacial score (nSPS) is 13.9. The number of allylic oxidation sites excluding steroid dienone is 1. The predicted octanol–water partition coefficient (Wildman–Crippen LogP) is 2.39. The van der Waals surface area contributed by atoms with Gasteiger partial charge in [0, 0.05) is 12.6 Å². The number of nitrogens with one attached hydrogen (secondary N) is 1. The number of aromatic nitrogens is 2. The molecule has 18 heavy (non-hydrogen) atoms. The Balaban J connectivity index is 1.66. The first-order chi connectivity index (χ1) is 8.90. The average molecular weight is 242 g/mol. The minimum absolute atomic E-state index is 0.312. The van der Waals surface area contributed by atoms with Crippen molar-refractivity contribution in [1.82, 2.24) is 9.97 Å². The van der Waals surface area contributed by atoms with Crippen LogP contribution in [0.3, 0.4) is 0 Å². The zero-order valence-electron chi connectivity index (χ0n) is 9.93. The maximum atomic E-state index is 5.26. The molecule has 1 N–H and O–H groups in total. The van der Waals surface area contributed by atoms with Gasteiger partial charge < -0.3 is 14.5 Å². The van der Waals surface area contributed by atoms with Crippen molar-refractivity contribution in [3.05, 3.63) is 65.6 Å². The van der Waals surface area contributed by atoms with Crippen LogP contribution in [0.2, 0.25) is 0 Å². The van der Waals surface area contributed by atoms with Crippen LogP contribution in [0, 0.1) is 0 Å². The highest BCUT2D eigenvalue weighted by molar-refractivity contribution is 5.21. The molecule has 4 heteroatoms. The van der Waals surface area contributed by atoms with Crippen LogP contribution in [0.25, 0.3) is 0 Å². The molecule has 1 aromatic carbocycles. The van der Waals surface area contributed by atoms with Gasteiger partial charge in [0.15, 0.2) is 0 Å². The van der Waals surface area contributed by atoms with E-state index >= 15 is 0 Å². The van der Waals surface area contributed by atoms with Gasteiger partial charge in [-0.15, -0.1) is 0 Å². The number of ether oxygens (including phenoxy) is 2. The summed E-state index contributed by atoms with van der Waals surface area (Å²) in [6.45, 7) is 0.312. The van der Waals surface area contributed by atoms with E-state index in [2.05, 4.69) is 22.1 Å². The molecule has 4 nitrogen and oxygen atoms in total. The van der Waals surface area contributed by atoms with Crippen molar-refractivity contribution >= 4 is 0 Å². The van der Waals surface area contributed by atoms with Crippen LogP contribution >= 0.6 is 0 Å². The highest BCUT2D eigenvalue weighted by atomic mass is 16.7. The van der Waals surface area contributed by atoms with E-state index in [0.29, 0.717) is 13.2 Å². The molecule has 0 amide bonds. The molecule has 1 aliphatic rings. The Morgan fingerprint density at radius 2 is 2.06 bits per heavy atom. The third kappa shape index (κ3) is 2.53. The van der Waals surface area contributed by atoms with E-state index in [4.69, 9.17) is 9.47 Å².